The summed E-state index contributed by atoms with van der Waals surface area (Å²) in [5.74, 6) is 0.232. The van der Waals surface area contributed by atoms with Crippen LogP contribution in [-0.2, 0) is 4.79 Å². The lowest BCUT2D eigenvalue weighted by Crippen LogP contribution is -1.91. The first-order chi connectivity index (χ1) is 7.31. The van der Waals surface area contributed by atoms with E-state index in [0.717, 1.165) is 6.42 Å². The summed E-state index contributed by atoms with van der Waals surface area (Å²) in [7, 11) is 0. The van der Waals surface area contributed by atoms with Crippen LogP contribution in [0.1, 0.15) is 51.9 Å². The Morgan fingerprint density at radius 2 is 1.73 bits per heavy atom. The van der Waals surface area contributed by atoms with Crippen molar-refractivity contribution in [2.24, 2.45) is 0 Å². The lowest BCUT2D eigenvalue weighted by molar-refractivity contribution is -0.114. The zero-order valence-electron chi connectivity index (χ0n) is 9.55. The Bertz CT molecular complexity index is 207. The third-order valence-electron chi connectivity index (χ3n) is 2.24. The second kappa shape index (κ2) is 11.7. The van der Waals surface area contributed by atoms with E-state index in [9.17, 15) is 4.79 Å². The number of unbranched alkanes of at least 4 members (excludes halogenated alkanes) is 5. The third kappa shape index (κ3) is 11.6. The van der Waals surface area contributed by atoms with Crippen LogP contribution in [-0.4, -0.2) is 5.78 Å². The molecule has 2 heteroatoms. The topological polar surface area (TPSA) is 17.1 Å². The van der Waals surface area contributed by atoms with Gasteiger partial charge in [-0.1, -0.05) is 67.1 Å². The summed E-state index contributed by atoms with van der Waals surface area (Å²) in [6.45, 7) is 2.21. The molecule has 0 N–H and O–H groups in total. The molecule has 0 atom stereocenters. The predicted octanol–water partition coefficient (Wildman–Crippen LogP) is 4.77. The highest BCUT2D eigenvalue weighted by Crippen LogP contribution is 2.07. The van der Waals surface area contributed by atoms with Gasteiger partial charge in [-0.05, 0) is 17.5 Å². The van der Waals surface area contributed by atoms with E-state index >= 15 is 0 Å². The molecule has 0 spiro atoms. The summed E-state index contributed by atoms with van der Waals surface area (Å²) < 4.78 is 0. The van der Waals surface area contributed by atoms with Crippen LogP contribution in [0.2, 0.25) is 0 Å². The van der Waals surface area contributed by atoms with Crippen LogP contribution < -0.4 is 0 Å². The fourth-order valence-corrected chi connectivity index (χ4v) is 1.54. The Hall–Kier alpha value is -0.370. The highest BCUT2D eigenvalue weighted by Gasteiger charge is 1.95. The van der Waals surface area contributed by atoms with E-state index in [0.29, 0.717) is 6.42 Å². The number of carbonyl (C=O) groups excluding carboxylic acids is 1. The molecular formula is C13H21BrO. The van der Waals surface area contributed by atoms with E-state index in [1.54, 1.807) is 23.2 Å². The van der Waals surface area contributed by atoms with Gasteiger partial charge in [0.25, 0.3) is 0 Å². The van der Waals surface area contributed by atoms with E-state index < -0.39 is 0 Å². The number of rotatable bonds is 9. The van der Waals surface area contributed by atoms with Gasteiger partial charge >= 0.3 is 0 Å². The summed E-state index contributed by atoms with van der Waals surface area (Å²) in [6.07, 6.45) is 13.3. The summed E-state index contributed by atoms with van der Waals surface area (Å²) >= 11 is 3.14. The third-order valence-corrected chi connectivity index (χ3v) is 2.55. The maximum Gasteiger partial charge on any atom is 0.155 e. The number of carbonyl (C=O) groups is 1. The normalized spacial score (nSPS) is 11.6. The summed E-state index contributed by atoms with van der Waals surface area (Å²) in [5.41, 5.74) is 0. The average molecular weight is 273 g/mol. The molecule has 0 amide bonds. The molecule has 0 aliphatic heterocycles. The molecule has 0 saturated heterocycles. The number of hydrogen-bond donors (Lipinski definition) is 0. The average Bonchev–Trinajstić information content (AvgIpc) is 2.23. The van der Waals surface area contributed by atoms with E-state index in [-0.39, 0.29) is 5.78 Å². The second-order valence-electron chi connectivity index (χ2n) is 3.66. The molecule has 0 aromatic carbocycles. The van der Waals surface area contributed by atoms with Crippen LogP contribution in [0.25, 0.3) is 0 Å². The first-order valence-corrected chi connectivity index (χ1v) is 6.69. The van der Waals surface area contributed by atoms with Gasteiger partial charge in [0, 0.05) is 6.42 Å². The van der Waals surface area contributed by atoms with Crippen LogP contribution in [0, 0.1) is 0 Å². The molecule has 0 heterocycles. The van der Waals surface area contributed by atoms with Gasteiger partial charge in [-0.25, -0.2) is 0 Å². The van der Waals surface area contributed by atoms with Gasteiger partial charge in [0.05, 0.1) is 0 Å². The first-order valence-electron chi connectivity index (χ1n) is 5.77. The Morgan fingerprint density at radius 1 is 1.07 bits per heavy atom. The largest absolute Gasteiger partial charge is 0.295 e. The fraction of sp³-hybridized carbons (Fsp3) is 0.615. The van der Waals surface area contributed by atoms with E-state index in [4.69, 9.17) is 0 Å². The van der Waals surface area contributed by atoms with Crippen molar-refractivity contribution in [3.05, 3.63) is 23.2 Å². The molecule has 0 aliphatic rings. The van der Waals surface area contributed by atoms with Crippen molar-refractivity contribution >= 4 is 21.7 Å². The summed E-state index contributed by atoms with van der Waals surface area (Å²) in [6, 6.07) is 0. The predicted molar refractivity (Wildman–Crippen MR) is 70.2 cm³/mol. The minimum atomic E-state index is 0.232. The van der Waals surface area contributed by atoms with Gasteiger partial charge in [0.1, 0.15) is 0 Å². The van der Waals surface area contributed by atoms with Gasteiger partial charge in [-0.3, -0.25) is 4.79 Å². The highest BCUT2D eigenvalue weighted by molar-refractivity contribution is 9.11. The summed E-state index contributed by atoms with van der Waals surface area (Å²) in [4.78, 5) is 13.0. The molecule has 0 aromatic heterocycles. The van der Waals surface area contributed by atoms with Crippen molar-refractivity contribution in [1.82, 2.24) is 0 Å². The first kappa shape index (κ1) is 14.6. The molecular weight excluding hydrogens is 252 g/mol. The quantitative estimate of drug-likeness (QED) is 0.336. The van der Waals surface area contributed by atoms with Gasteiger partial charge in [-0.15, -0.1) is 0 Å². The van der Waals surface area contributed by atoms with Gasteiger partial charge in [-0.2, -0.15) is 0 Å². The SMILES string of the molecule is CCCCCCCCC(=O)/C=C/C=C/Br. The zero-order valence-corrected chi connectivity index (χ0v) is 11.1. The monoisotopic (exact) mass is 272 g/mol. The minimum absolute atomic E-state index is 0.232. The molecule has 0 aliphatic carbocycles. The molecule has 0 fully saturated rings. The van der Waals surface area contributed by atoms with Gasteiger partial charge < -0.3 is 0 Å². The Balaban J connectivity index is 3.31. The van der Waals surface area contributed by atoms with Crippen molar-refractivity contribution in [2.75, 3.05) is 0 Å². The maximum absolute atomic E-state index is 11.3. The molecule has 15 heavy (non-hydrogen) atoms. The lowest BCUT2D eigenvalue weighted by atomic mass is 10.1. The molecule has 0 radical (unpaired) electrons. The number of ketones is 1. The number of halogens is 1. The molecule has 0 bridgehead atoms. The molecule has 1 nitrogen and oxygen atoms in total. The Kier molecular flexibility index (Phi) is 11.4. The Morgan fingerprint density at radius 3 is 2.40 bits per heavy atom. The van der Waals surface area contributed by atoms with Gasteiger partial charge in [0.2, 0.25) is 0 Å². The summed E-state index contributed by atoms with van der Waals surface area (Å²) in [5, 5.41) is 0. The second-order valence-corrected chi connectivity index (χ2v) is 4.19. The van der Waals surface area contributed by atoms with Crippen molar-refractivity contribution in [2.45, 2.75) is 51.9 Å². The highest BCUT2D eigenvalue weighted by atomic mass is 79.9. The van der Waals surface area contributed by atoms with Crippen LogP contribution in [0.3, 0.4) is 0 Å². The lowest BCUT2D eigenvalue weighted by Gasteiger charge is -1.98. The van der Waals surface area contributed by atoms with Crippen LogP contribution >= 0.6 is 15.9 Å². The van der Waals surface area contributed by atoms with Gasteiger partial charge in [0.15, 0.2) is 5.78 Å². The molecule has 0 rings (SSSR count). The molecule has 0 aromatic rings. The molecule has 0 saturated carbocycles. The van der Waals surface area contributed by atoms with Crippen LogP contribution in [0.4, 0.5) is 0 Å². The zero-order chi connectivity index (χ0) is 11.4. The van der Waals surface area contributed by atoms with Crippen molar-refractivity contribution in [3.63, 3.8) is 0 Å². The van der Waals surface area contributed by atoms with Crippen LogP contribution in [0.15, 0.2) is 23.2 Å². The van der Waals surface area contributed by atoms with E-state index in [2.05, 4.69) is 22.9 Å². The minimum Gasteiger partial charge on any atom is -0.295 e. The standard InChI is InChI=1S/C13H21BrO/c1-2-3-4-5-6-7-10-13(15)11-8-9-12-14/h8-9,11-12H,2-7,10H2,1H3/b11-8+,12-9+. The maximum atomic E-state index is 11.3. The number of allylic oxidation sites excluding steroid dienone is 3. The smallest absolute Gasteiger partial charge is 0.155 e. The van der Waals surface area contributed by atoms with Crippen molar-refractivity contribution in [1.29, 1.82) is 0 Å². The van der Waals surface area contributed by atoms with E-state index in [1.165, 1.54) is 32.1 Å². The van der Waals surface area contributed by atoms with E-state index in [1.807, 2.05) is 0 Å². The van der Waals surface area contributed by atoms with Crippen LogP contribution in [0.5, 0.6) is 0 Å². The van der Waals surface area contributed by atoms with Crippen molar-refractivity contribution < 1.29 is 4.79 Å². The fourth-order valence-electron chi connectivity index (χ4n) is 1.37. The molecule has 0 unspecified atom stereocenters. The molecule has 86 valence electrons. The Labute approximate surface area is 102 Å². The van der Waals surface area contributed by atoms with Crippen molar-refractivity contribution in [3.8, 4) is 0 Å². The number of hydrogen-bond acceptors (Lipinski definition) is 1.